The zero-order valence-electron chi connectivity index (χ0n) is 41.6. The molecular weight excluding hydrogens is 857 g/mol. The molecule has 0 radical (unpaired) electrons. The van der Waals surface area contributed by atoms with Crippen molar-refractivity contribution in [2.75, 3.05) is 83.1 Å². The van der Waals surface area contributed by atoms with Crippen LogP contribution in [0.25, 0.3) is 0 Å². The molecule has 2 unspecified atom stereocenters. The summed E-state index contributed by atoms with van der Waals surface area (Å²) in [5.41, 5.74) is 14.5. The molecule has 12 heteroatoms. The maximum atomic E-state index is 5.84. The molecular formula is C56H70N4O8. The summed E-state index contributed by atoms with van der Waals surface area (Å²) in [6.07, 6.45) is 13.5. The summed E-state index contributed by atoms with van der Waals surface area (Å²) in [6.45, 7) is 3.10. The molecule has 0 amide bonds. The van der Waals surface area contributed by atoms with E-state index in [9.17, 15) is 0 Å². The Bertz CT molecular complexity index is 2390. The number of unbranched alkanes of at least 4 members (excludes halogenated alkanes) is 1. The van der Waals surface area contributed by atoms with Gasteiger partial charge < -0.3 is 37.9 Å². The third kappa shape index (κ3) is 10.5. The van der Waals surface area contributed by atoms with Gasteiger partial charge in [-0.2, -0.15) is 0 Å². The molecule has 4 aromatic rings. The molecule has 0 aromatic heterocycles. The first kappa shape index (κ1) is 48.4. The molecule has 4 aromatic carbocycles. The van der Waals surface area contributed by atoms with Crippen molar-refractivity contribution in [3.63, 3.8) is 0 Å². The fourth-order valence-electron chi connectivity index (χ4n) is 10.9. The van der Waals surface area contributed by atoms with Crippen LogP contribution in [-0.4, -0.2) is 106 Å². The Kier molecular flexibility index (Phi) is 16.3. The van der Waals surface area contributed by atoms with Crippen LogP contribution in [0.4, 0.5) is 0 Å². The third-order valence-electron chi connectivity index (χ3n) is 14.4. The van der Waals surface area contributed by atoms with Crippen molar-refractivity contribution in [3.8, 4) is 46.0 Å². The Morgan fingerprint density at radius 1 is 0.338 bits per heavy atom. The largest absolute Gasteiger partial charge is 0.493 e. The summed E-state index contributed by atoms with van der Waals surface area (Å²) in [6, 6.07) is 17.1. The van der Waals surface area contributed by atoms with Gasteiger partial charge in [0.1, 0.15) is 0 Å². The van der Waals surface area contributed by atoms with Gasteiger partial charge in [-0.15, -0.1) is 0 Å². The number of benzene rings is 4. The van der Waals surface area contributed by atoms with E-state index in [1.807, 2.05) is 0 Å². The lowest BCUT2D eigenvalue weighted by molar-refractivity contribution is 0.354. The Morgan fingerprint density at radius 3 is 0.926 bits per heavy atom. The molecule has 0 N–H and O–H groups in total. The highest BCUT2D eigenvalue weighted by molar-refractivity contribution is 6.06. The van der Waals surface area contributed by atoms with Crippen LogP contribution in [0.15, 0.2) is 68.5 Å². The average Bonchev–Trinajstić information content (AvgIpc) is 3.38. The molecule has 362 valence electrons. The molecule has 2 atom stereocenters. The van der Waals surface area contributed by atoms with E-state index in [1.54, 1.807) is 56.9 Å². The Balaban J connectivity index is 1.02. The second-order valence-electron chi connectivity index (χ2n) is 18.1. The van der Waals surface area contributed by atoms with Gasteiger partial charge >= 0.3 is 0 Å². The fraction of sp³-hybridized carbons (Fsp3) is 0.500. The summed E-state index contributed by atoms with van der Waals surface area (Å²) < 4.78 is 45.9. The van der Waals surface area contributed by atoms with Crippen molar-refractivity contribution < 1.29 is 37.9 Å². The Hall–Kier alpha value is -6.04. The van der Waals surface area contributed by atoms with Crippen LogP contribution in [-0.2, 0) is 25.7 Å². The van der Waals surface area contributed by atoms with E-state index in [-0.39, 0.29) is 11.8 Å². The van der Waals surface area contributed by atoms with Crippen molar-refractivity contribution in [2.45, 2.75) is 89.9 Å². The quantitative estimate of drug-likeness (QED) is 0.0674. The molecule has 4 aliphatic rings. The summed E-state index contributed by atoms with van der Waals surface area (Å²) in [7, 11) is 13.6. The van der Waals surface area contributed by atoms with Gasteiger partial charge in [-0.3, -0.25) is 20.0 Å². The smallest absolute Gasteiger partial charge is 0.161 e. The number of nitrogens with zero attached hydrogens (tertiary/aromatic N) is 4. The molecule has 0 spiro atoms. The van der Waals surface area contributed by atoms with Crippen molar-refractivity contribution in [2.24, 2.45) is 31.8 Å². The number of ether oxygens (including phenoxy) is 8. The minimum Gasteiger partial charge on any atom is -0.493 e. The van der Waals surface area contributed by atoms with E-state index in [2.05, 4.69) is 48.5 Å². The van der Waals surface area contributed by atoms with Gasteiger partial charge in [0.05, 0.1) is 56.9 Å². The maximum absolute atomic E-state index is 5.84. The molecule has 0 aliphatic carbocycles. The van der Waals surface area contributed by atoms with Gasteiger partial charge in [0.25, 0.3) is 0 Å². The van der Waals surface area contributed by atoms with Gasteiger partial charge in [0, 0.05) is 83.1 Å². The van der Waals surface area contributed by atoms with E-state index in [0.717, 1.165) is 173 Å². The monoisotopic (exact) mass is 927 g/mol. The first-order chi connectivity index (χ1) is 33.3. The van der Waals surface area contributed by atoms with Crippen LogP contribution >= 0.6 is 0 Å². The standard InChI is InChI=1S/C56H70N4O8/c1-61-47-27-37-19-23-57-45(41(37)31-51(47)65-5)17-11-15-35(55-43-33-53(67-7)49(63-3)29-39(43)21-25-59-55)13-9-10-14-36(56-44-34-54(68-8)50(64-4)30-40(44)22-26-60-56)16-12-18-46-42-32-52(66-6)48(62-2)28-38(42)20-24-58-46/h27-36H,9-26H2,1-8H3. The zero-order valence-corrected chi connectivity index (χ0v) is 41.6. The molecule has 12 nitrogen and oxygen atoms in total. The number of methoxy groups -OCH3 is 8. The van der Waals surface area contributed by atoms with Crippen molar-refractivity contribution in [1.82, 2.24) is 0 Å². The van der Waals surface area contributed by atoms with E-state index >= 15 is 0 Å². The first-order valence-electron chi connectivity index (χ1n) is 24.5. The van der Waals surface area contributed by atoms with E-state index in [0.29, 0.717) is 0 Å². The van der Waals surface area contributed by atoms with E-state index in [4.69, 9.17) is 57.9 Å². The molecule has 4 heterocycles. The molecule has 4 aliphatic heterocycles. The third-order valence-corrected chi connectivity index (χ3v) is 14.4. The van der Waals surface area contributed by atoms with Crippen LogP contribution in [0.5, 0.6) is 46.0 Å². The highest BCUT2D eigenvalue weighted by Gasteiger charge is 2.29. The number of fused-ring (bicyclic) bond motifs is 4. The predicted molar refractivity (Wildman–Crippen MR) is 272 cm³/mol. The molecule has 0 bridgehead atoms. The van der Waals surface area contributed by atoms with Crippen LogP contribution in [0, 0.1) is 11.8 Å². The fourth-order valence-corrected chi connectivity index (χ4v) is 10.9. The topological polar surface area (TPSA) is 123 Å². The minimum atomic E-state index is 0.268. The zero-order chi connectivity index (χ0) is 47.6. The Morgan fingerprint density at radius 2 is 0.603 bits per heavy atom. The van der Waals surface area contributed by atoms with Crippen LogP contribution in [0.2, 0.25) is 0 Å². The number of hydrogen-bond acceptors (Lipinski definition) is 12. The summed E-state index contributed by atoms with van der Waals surface area (Å²) in [5, 5.41) is 0. The number of rotatable bonds is 23. The van der Waals surface area contributed by atoms with Crippen molar-refractivity contribution >= 4 is 22.8 Å². The lowest BCUT2D eigenvalue weighted by Crippen LogP contribution is -2.24. The van der Waals surface area contributed by atoms with Crippen molar-refractivity contribution in [1.29, 1.82) is 0 Å². The van der Waals surface area contributed by atoms with Gasteiger partial charge in [0.15, 0.2) is 46.0 Å². The SMILES string of the molecule is COc1cc2c(cc1OC)C(CCCC(CCCCC(CCCC1=NCCc3cc(OC)c(OC)cc31)C1=NCCc3cc(OC)c(OC)cc31)C1=NCCc3cc(OC)c(OC)cc31)=NCC2. The van der Waals surface area contributed by atoms with Crippen LogP contribution in [0.3, 0.4) is 0 Å². The van der Waals surface area contributed by atoms with Gasteiger partial charge in [0.2, 0.25) is 0 Å². The molecule has 8 rings (SSSR count). The summed E-state index contributed by atoms with van der Waals surface area (Å²) >= 11 is 0. The first-order valence-corrected chi connectivity index (χ1v) is 24.5. The second-order valence-corrected chi connectivity index (χ2v) is 18.1. The molecule has 68 heavy (non-hydrogen) atoms. The molecule has 0 saturated carbocycles. The minimum absolute atomic E-state index is 0.268. The normalized spacial score (nSPS) is 15.7. The number of hydrogen-bond donors (Lipinski definition) is 0. The molecule has 0 saturated heterocycles. The summed E-state index contributed by atoms with van der Waals surface area (Å²) in [4.78, 5) is 20.7. The van der Waals surface area contributed by atoms with Gasteiger partial charge in [-0.05, 0) is 148 Å². The van der Waals surface area contributed by atoms with Gasteiger partial charge in [-0.25, -0.2) is 0 Å². The van der Waals surface area contributed by atoms with E-state index < -0.39 is 0 Å². The second kappa shape index (κ2) is 22.8. The summed E-state index contributed by atoms with van der Waals surface area (Å²) in [5.74, 6) is 6.56. The number of aliphatic imine (C=N–C) groups is 4. The average molecular weight is 927 g/mol. The highest BCUT2D eigenvalue weighted by atomic mass is 16.5. The lowest BCUT2D eigenvalue weighted by Gasteiger charge is -2.28. The molecule has 0 fully saturated rings. The maximum Gasteiger partial charge on any atom is 0.161 e. The van der Waals surface area contributed by atoms with Gasteiger partial charge in [-0.1, -0.05) is 12.8 Å². The van der Waals surface area contributed by atoms with Crippen LogP contribution < -0.4 is 37.9 Å². The van der Waals surface area contributed by atoms with E-state index in [1.165, 1.54) is 55.9 Å². The highest BCUT2D eigenvalue weighted by Crippen LogP contribution is 2.40. The lowest BCUT2D eigenvalue weighted by atomic mass is 9.81. The Labute approximate surface area is 403 Å². The van der Waals surface area contributed by atoms with Crippen LogP contribution in [0.1, 0.15) is 109 Å². The van der Waals surface area contributed by atoms with Crippen molar-refractivity contribution in [3.05, 3.63) is 93.0 Å². The predicted octanol–water partition coefficient (Wildman–Crippen LogP) is 10.4.